The number of rotatable bonds is 10. The summed E-state index contributed by atoms with van der Waals surface area (Å²) < 4.78 is 22.3. The SMILES string of the molecule is CC(C)(C)OC(=O)N1CCC(COCCOCCOCc2ccccc2)CC1. The highest BCUT2D eigenvalue weighted by Crippen LogP contribution is 2.19. The molecule has 0 radical (unpaired) electrons. The van der Waals surface area contributed by atoms with Gasteiger partial charge in [0.25, 0.3) is 0 Å². The normalized spacial score (nSPS) is 15.6. The molecule has 6 heteroatoms. The fourth-order valence-corrected chi connectivity index (χ4v) is 2.96. The first kappa shape index (κ1) is 22.7. The summed E-state index contributed by atoms with van der Waals surface area (Å²) in [7, 11) is 0. The van der Waals surface area contributed by atoms with E-state index in [0.29, 0.717) is 39.0 Å². The van der Waals surface area contributed by atoms with Gasteiger partial charge in [0, 0.05) is 19.7 Å². The number of carbonyl (C=O) groups excluding carboxylic acids is 1. The van der Waals surface area contributed by atoms with Crippen molar-refractivity contribution in [3.05, 3.63) is 35.9 Å². The lowest BCUT2D eigenvalue weighted by atomic mass is 9.98. The number of carbonyl (C=O) groups is 1. The number of hydrogen-bond donors (Lipinski definition) is 0. The van der Waals surface area contributed by atoms with E-state index in [9.17, 15) is 4.79 Å². The van der Waals surface area contributed by atoms with E-state index < -0.39 is 5.60 Å². The molecule has 0 N–H and O–H groups in total. The van der Waals surface area contributed by atoms with E-state index in [1.54, 1.807) is 4.90 Å². The largest absolute Gasteiger partial charge is 0.444 e. The molecule has 158 valence electrons. The van der Waals surface area contributed by atoms with E-state index in [1.165, 1.54) is 5.56 Å². The molecule has 0 atom stereocenters. The molecule has 1 aromatic carbocycles. The summed E-state index contributed by atoms with van der Waals surface area (Å²) in [5.41, 5.74) is 0.729. The number of amides is 1. The van der Waals surface area contributed by atoms with Gasteiger partial charge in [-0.15, -0.1) is 0 Å². The Hall–Kier alpha value is -1.63. The standard InChI is InChI=1S/C22H35NO5/c1-22(2,3)28-21(24)23-11-9-20(10-12-23)18-27-16-14-25-13-15-26-17-19-7-5-4-6-8-19/h4-8,20H,9-18H2,1-3H3. The van der Waals surface area contributed by atoms with Crippen molar-refractivity contribution in [3.8, 4) is 0 Å². The third-order valence-electron chi connectivity index (χ3n) is 4.48. The maximum absolute atomic E-state index is 12.1. The quantitative estimate of drug-likeness (QED) is 0.565. The lowest BCUT2D eigenvalue weighted by molar-refractivity contribution is -0.00631. The van der Waals surface area contributed by atoms with Gasteiger partial charge in [0.05, 0.1) is 33.0 Å². The van der Waals surface area contributed by atoms with Gasteiger partial charge in [-0.2, -0.15) is 0 Å². The topological polar surface area (TPSA) is 57.2 Å². The van der Waals surface area contributed by atoms with Crippen LogP contribution in [0, 0.1) is 5.92 Å². The molecule has 2 rings (SSSR count). The molecule has 0 saturated carbocycles. The molecule has 0 aromatic heterocycles. The summed E-state index contributed by atoms with van der Waals surface area (Å²) in [6.45, 7) is 10.8. The zero-order valence-corrected chi connectivity index (χ0v) is 17.5. The van der Waals surface area contributed by atoms with Crippen LogP contribution >= 0.6 is 0 Å². The summed E-state index contributed by atoms with van der Waals surface area (Å²) in [6.07, 6.45) is 1.69. The van der Waals surface area contributed by atoms with E-state index in [0.717, 1.165) is 32.5 Å². The van der Waals surface area contributed by atoms with Gasteiger partial charge < -0.3 is 23.8 Å². The molecule has 28 heavy (non-hydrogen) atoms. The minimum Gasteiger partial charge on any atom is -0.444 e. The van der Waals surface area contributed by atoms with Gasteiger partial charge in [0.15, 0.2) is 0 Å². The molecule has 0 aliphatic carbocycles. The van der Waals surface area contributed by atoms with E-state index in [4.69, 9.17) is 18.9 Å². The molecule has 0 spiro atoms. The average Bonchev–Trinajstić information content (AvgIpc) is 2.66. The van der Waals surface area contributed by atoms with Crippen LogP contribution in [0.1, 0.15) is 39.2 Å². The third kappa shape index (κ3) is 9.53. The molecule has 1 aliphatic heterocycles. The zero-order chi connectivity index (χ0) is 20.2. The Bertz CT molecular complexity index is 550. The van der Waals surface area contributed by atoms with Crippen LogP contribution in [0.25, 0.3) is 0 Å². The van der Waals surface area contributed by atoms with Crippen LogP contribution in [0.15, 0.2) is 30.3 Å². The van der Waals surface area contributed by atoms with Crippen LogP contribution in [0.5, 0.6) is 0 Å². The van der Waals surface area contributed by atoms with E-state index in [2.05, 4.69) is 0 Å². The van der Waals surface area contributed by atoms with Crippen molar-refractivity contribution in [2.24, 2.45) is 5.92 Å². The first-order valence-corrected chi connectivity index (χ1v) is 10.2. The zero-order valence-electron chi connectivity index (χ0n) is 17.5. The number of nitrogens with zero attached hydrogens (tertiary/aromatic N) is 1. The van der Waals surface area contributed by atoms with E-state index in [1.807, 2.05) is 51.1 Å². The third-order valence-corrected chi connectivity index (χ3v) is 4.48. The van der Waals surface area contributed by atoms with Gasteiger partial charge in [-0.1, -0.05) is 30.3 Å². The fraction of sp³-hybridized carbons (Fsp3) is 0.682. The van der Waals surface area contributed by atoms with Crippen molar-refractivity contribution in [2.45, 2.75) is 45.8 Å². The van der Waals surface area contributed by atoms with Gasteiger partial charge in [0.2, 0.25) is 0 Å². The number of piperidine rings is 1. The summed E-state index contributed by atoms with van der Waals surface area (Å²) in [6, 6.07) is 10.1. The number of likely N-dealkylation sites (tertiary alicyclic amines) is 1. The Kier molecular flexibility index (Phi) is 9.75. The Labute approximate surface area is 169 Å². The highest BCUT2D eigenvalue weighted by Gasteiger charge is 2.26. The molecule has 0 unspecified atom stereocenters. The highest BCUT2D eigenvalue weighted by molar-refractivity contribution is 5.68. The van der Waals surface area contributed by atoms with Crippen molar-refractivity contribution in [1.82, 2.24) is 4.90 Å². The van der Waals surface area contributed by atoms with Gasteiger partial charge in [-0.3, -0.25) is 0 Å². The Morgan fingerprint density at radius 1 is 0.964 bits per heavy atom. The van der Waals surface area contributed by atoms with Gasteiger partial charge >= 0.3 is 6.09 Å². The molecule has 1 fully saturated rings. The Balaban J connectivity index is 1.42. The molecule has 1 heterocycles. The van der Waals surface area contributed by atoms with Crippen LogP contribution in [0.3, 0.4) is 0 Å². The number of ether oxygens (including phenoxy) is 4. The predicted molar refractivity (Wildman–Crippen MR) is 108 cm³/mol. The van der Waals surface area contributed by atoms with Crippen molar-refractivity contribution in [1.29, 1.82) is 0 Å². The Morgan fingerprint density at radius 2 is 1.57 bits per heavy atom. The van der Waals surface area contributed by atoms with Crippen molar-refractivity contribution in [2.75, 3.05) is 46.1 Å². The van der Waals surface area contributed by atoms with Gasteiger partial charge in [-0.05, 0) is 45.1 Å². The second kappa shape index (κ2) is 12.0. The van der Waals surface area contributed by atoms with Gasteiger partial charge in [-0.25, -0.2) is 4.79 Å². The first-order valence-electron chi connectivity index (χ1n) is 10.2. The second-order valence-electron chi connectivity index (χ2n) is 8.14. The average molecular weight is 394 g/mol. The summed E-state index contributed by atoms with van der Waals surface area (Å²) in [5, 5.41) is 0. The molecule has 0 bridgehead atoms. The first-order chi connectivity index (χ1) is 13.4. The molecular formula is C22H35NO5. The minimum atomic E-state index is -0.441. The highest BCUT2D eigenvalue weighted by atomic mass is 16.6. The molecule has 1 saturated heterocycles. The second-order valence-corrected chi connectivity index (χ2v) is 8.14. The number of hydrogen-bond acceptors (Lipinski definition) is 5. The fourth-order valence-electron chi connectivity index (χ4n) is 2.96. The van der Waals surface area contributed by atoms with Crippen molar-refractivity contribution < 1.29 is 23.7 Å². The van der Waals surface area contributed by atoms with Crippen LogP contribution < -0.4 is 0 Å². The van der Waals surface area contributed by atoms with Crippen molar-refractivity contribution in [3.63, 3.8) is 0 Å². The minimum absolute atomic E-state index is 0.213. The molecule has 1 aromatic rings. The molecule has 6 nitrogen and oxygen atoms in total. The van der Waals surface area contributed by atoms with Crippen LogP contribution in [-0.2, 0) is 25.6 Å². The van der Waals surface area contributed by atoms with Crippen molar-refractivity contribution >= 4 is 6.09 Å². The maximum Gasteiger partial charge on any atom is 0.410 e. The maximum atomic E-state index is 12.1. The summed E-state index contributed by atoms with van der Waals surface area (Å²) in [5.74, 6) is 0.493. The van der Waals surface area contributed by atoms with Crippen LogP contribution in [-0.4, -0.2) is 62.7 Å². The number of benzene rings is 1. The van der Waals surface area contributed by atoms with Gasteiger partial charge in [0.1, 0.15) is 5.60 Å². The molecule has 1 aliphatic rings. The lowest BCUT2D eigenvalue weighted by Crippen LogP contribution is -2.42. The smallest absolute Gasteiger partial charge is 0.410 e. The lowest BCUT2D eigenvalue weighted by Gasteiger charge is -2.33. The molecule has 1 amide bonds. The van der Waals surface area contributed by atoms with E-state index >= 15 is 0 Å². The molecular weight excluding hydrogens is 358 g/mol. The van der Waals surface area contributed by atoms with Crippen LogP contribution in [0.2, 0.25) is 0 Å². The Morgan fingerprint density at radius 3 is 2.21 bits per heavy atom. The summed E-state index contributed by atoms with van der Waals surface area (Å²) in [4.78, 5) is 13.8. The predicted octanol–water partition coefficient (Wildman–Crippen LogP) is 3.88. The van der Waals surface area contributed by atoms with E-state index in [-0.39, 0.29) is 6.09 Å². The summed E-state index contributed by atoms with van der Waals surface area (Å²) >= 11 is 0. The monoisotopic (exact) mass is 393 g/mol. The van der Waals surface area contributed by atoms with Crippen LogP contribution in [0.4, 0.5) is 4.79 Å².